The quantitative estimate of drug-likeness (QED) is 0.366. The molecule has 11 heteroatoms. The lowest BCUT2D eigenvalue weighted by molar-refractivity contribution is -0.143. The fourth-order valence-electron chi connectivity index (χ4n) is 4.88. The Morgan fingerprint density at radius 2 is 1.44 bits per heavy atom. The zero-order chi connectivity index (χ0) is 29.2. The molecule has 1 aliphatic rings. The summed E-state index contributed by atoms with van der Waals surface area (Å²) >= 11 is 0. The molecule has 1 aliphatic heterocycles. The zero-order valence-corrected chi connectivity index (χ0v) is 22.2. The number of rotatable bonds is 6. The minimum absolute atomic E-state index is 0.106. The molecule has 0 aromatic heterocycles. The number of halogens is 7. The largest absolute Gasteiger partial charge is 0.444 e. The monoisotopic (exact) mass is 562 g/mol. The predicted octanol–water partition coefficient (Wildman–Crippen LogP) is 7.74. The van der Waals surface area contributed by atoms with E-state index in [1.165, 1.54) is 12.1 Å². The van der Waals surface area contributed by atoms with Crippen LogP contribution in [0.15, 0.2) is 42.5 Å². The van der Waals surface area contributed by atoms with E-state index >= 15 is 0 Å². The van der Waals surface area contributed by atoms with E-state index < -0.39 is 47.0 Å². The van der Waals surface area contributed by atoms with Crippen LogP contribution in [0, 0.1) is 5.82 Å². The SMILES string of the molecule is CC[C@@H]1C[C@H](NCc2cc(C(F)(F)F)cc(C(F)(F)F)c2)C[C@H](Cc2ccc(F)cc2)N1C(=O)OC(C)(C)C. The first-order chi connectivity index (χ1) is 18.0. The number of likely N-dealkylation sites (tertiary alicyclic amines) is 1. The molecule has 3 rings (SSSR count). The second-order valence-corrected chi connectivity index (χ2v) is 10.9. The van der Waals surface area contributed by atoms with E-state index in [1.54, 1.807) is 37.8 Å². The minimum atomic E-state index is -4.93. The molecule has 0 unspecified atom stereocenters. The van der Waals surface area contributed by atoms with E-state index in [4.69, 9.17) is 4.74 Å². The first-order valence-electron chi connectivity index (χ1n) is 12.7. The topological polar surface area (TPSA) is 41.6 Å². The normalized spacial score (nSPS) is 20.7. The van der Waals surface area contributed by atoms with Gasteiger partial charge in [-0.1, -0.05) is 19.1 Å². The summed E-state index contributed by atoms with van der Waals surface area (Å²) in [5, 5.41) is 3.12. The Bertz CT molecular complexity index is 1090. The number of hydrogen-bond acceptors (Lipinski definition) is 3. The van der Waals surface area contributed by atoms with Crippen LogP contribution in [-0.2, 0) is 30.1 Å². The molecule has 0 aliphatic carbocycles. The summed E-state index contributed by atoms with van der Waals surface area (Å²) in [5.74, 6) is -0.406. The van der Waals surface area contributed by atoms with Crippen LogP contribution in [0.1, 0.15) is 69.2 Å². The predicted molar refractivity (Wildman–Crippen MR) is 132 cm³/mol. The second-order valence-electron chi connectivity index (χ2n) is 10.9. The van der Waals surface area contributed by atoms with Crippen LogP contribution >= 0.6 is 0 Å². The number of ether oxygens (including phenoxy) is 1. The Morgan fingerprint density at radius 3 is 1.92 bits per heavy atom. The third-order valence-corrected chi connectivity index (χ3v) is 6.60. The molecule has 2 aromatic rings. The van der Waals surface area contributed by atoms with E-state index in [0.29, 0.717) is 37.8 Å². The van der Waals surface area contributed by atoms with Crippen LogP contribution in [0.5, 0.6) is 0 Å². The standard InChI is InChI=1S/C28H33F7N2O2/c1-5-23-14-22(36-16-18-10-19(27(30,31)32)13-20(11-18)28(33,34)35)15-24(12-17-6-8-21(29)9-7-17)37(23)25(38)39-26(2,3)4/h6-11,13,22-24,36H,5,12,14-16H2,1-4H3/t22-,23+,24-/m0/s1. The van der Waals surface area contributed by atoms with Crippen LogP contribution in [0.4, 0.5) is 35.5 Å². The number of amides is 1. The van der Waals surface area contributed by atoms with Crippen molar-refractivity contribution in [2.75, 3.05) is 0 Å². The fraction of sp³-hybridized carbons (Fsp3) is 0.536. The Labute approximate surface area is 223 Å². The lowest BCUT2D eigenvalue weighted by Crippen LogP contribution is -2.57. The van der Waals surface area contributed by atoms with Gasteiger partial charge >= 0.3 is 18.4 Å². The van der Waals surface area contributed by atoms with Crippen molar-refractivity contribution >= 4 is 6.09 Å². The van der Waals surface area contributed by atoms with Gasteiger partial charge in [0.15, 0.2) is 0 Å². The number of carbonyl (C=O) groups excluding carboxylic acids is 1. The van der Waals surface area contributed by atoms with Crippen molar-refractivity contribution in [3.05, 3.63) is 70.5 Å². The van der Waals surface area contributed by atoms with Crippen molar-refractivity contribution in [3.8, 4) is 0 Å². The number of piperidine rings is 1. The molecule has 3 atom stereocenters. The highest BCUT2D eigenvalue weighted by Crippen LogP contribution is 2.37. The van der Waals surface area contributed by atoms with Crippen molar-refractivity contribution in [1.82, 2.24) is 10.2 Å². The molecule has 216 valence electrons. The van der Waals surface area contributed by atoms with Gasteiger partial charge in [-0.05, 0) is 87.9 Å². The summed E-state index contributed by atoms with van der Waals surface area (Å²) in [6.45, 7) is 6.92. The minimum Gasteiger partial charge on any atom is -0.444 e. The lowest BCUT2D eigenvalue weighted by Gasteiger charge is -2.45. The third-order valence-electron chi connectivity index (χ3n) is 6.60. The Balaban J connectivity index is 1.86. The molecule has 2 aromatic carbocycles. The summed E-state index contributed by atoms with van der Waals surface area (Å²) in [7, 11) is 0. The fourth-order valence-corrected chi connectivity index (χ4v) is 4.88. The Morgan fingerprint density at radius 1 is 0.897 bits per heavy atom. The molecule has 1 N–H and O–H groups in total. The molecule has 39 heavy (non-hydrogen) atoms. The molecule has 4 nitrogen and oxygen atoms in total. The highest BCUT2D eigenvalue weighted by molar-refractivity contribution is 5.69. The van der Waals surface area contributed by atoms with E-state index in [2.05, 4.69) is 5.32 Å². The first-order valence-corrected chi connectivity index (χ1v) is 12.7. The molecule has 0 spiro atoms. The second kappa shape index (κ2) is 11.7. The van der Waals surface area contributed by atoms with Crippen molar-refractivity contribution in [3.63, 3.8) is 0 Å². The van der Waals surface area contributed by atoms with Crippen molar-refractivity contribution in [2.45, 2.75) is 96.0 Å². The molecule has 1 saturated heterocycles. The third kappa shape index (κ3) is 8.58. The number of nitrogens with one attached hydrogen (secondary N) is 1. The Hall–Kier alpha value is -2.82. The van der Waals surface area contributed by atoms with Gasteiger partial charge in [0.1, 0.15) is 11.4 Å². The van der Waals surface area contributed by atoms with Gasteiger partial charge in [-0.2, -0.15) is 26.3 Å². The summed E-state index contributed by atoms with van der Waals surface area (Å²) in [4.78, 5) is 14.9. The molecular weight excluding hydrogens is 529 g/mol. The summed E-state index contributed by atoms with van der Waals surface area (Å²) < 4.78 is 98.8. The van der Waals surface area contributed by atoms with Gasteiger partial charge in [0.25, 0.3) is 0 Å². The van der Waals surface area contributed by atoms with E-state index in [-0.39, 0.29) is 30.3 Å². The van der Waals surface area contributed by atoms with E-state index in [9.17, 15) is 35.5 Å². The summed E-state index contributed by atoms with van der Waals surface area (Å²) in [5.41, 5.74) is -2.85. The maximum atomic E-state index is 13.5. The molecule has 1 heterocycles. The molecular formula is C28H33F7N2O2. The maximum absolute atomic E-state index is 13.5. The molecule has 0 bridgehead atoms. The van der Waals surface area contributed by atoms with Gasteiger partial charge in [0.05, 0.1) is 11.1 Å². The average molecular weight is 563 g/mol. The molecule has 0 radical (unpaired) electrons. The highest BCUT2D eigenvalue weighted by atomic mass is 19.4. The molecule has 1 fully saturated rings. The number of nitrogens with zero attached hydrogens (tertiary/aromatic N) is 1. The smallest absolute Gasteiger partial charge is 0.416 e. The van der Waals surface area contributed by atoms with Crippen LogP contribution in [0.25, 0.3) is 0 Å². The maximum Gasteiger partial charge on any atom is 0.416 e. The molecule has 0 saturated carbocycles. The Kier molecular flexibility index (Phi) is 9.24. The van der Waals surface area contributed by atoms with Crippen molar-refractivity contribution < 1.29 is 40.3 Å². The van der Waals surface area contributed by atoms with Gasteiger partial charge in [0.2, 0.25) is 0 Å². The number of hydrogen-bond donors (Lipinski definition) is 1. The molecule has 1 amide bonds. The van der Waals surface area contributed by atoms with Gasteiger partial charge in [-0.15, -0.1) is 0 Å². The van der Waals surface area contributed by atoms with E-state index in [1.807, 2.05) is 6.92 Å². The van der Waals surface area contributed by atoms with Gasteiger partial charge < -0.3 is 15.0 Å². The highest BCUT2D eigenvalue weighted by Gasteiger charge is 2.40. The summed E-state index contributed by atoms with van der Waals surface area (Å²) in [6, 6.07) is 6.40. The average Bonchev–Trinajstić information content (AvgIpc) is 2.81. The van der Waals surface area contributed by atoms with Crippen LogP contribution in [-0.4, -0.2) is 34.7 Å². The van der Waals surface area contributed by atoms with Crippen LogP contribution in [0.3, 0.4) is 0 Å². The van der Waals surface area contributed by atoms with Crippen molar-refractivity contribution in [1.29, 1.82) is 0 Å². The van der Waals surface area contributed by atoms with Gasteiger partial charge in [-0.3, -0.25) is 0 Å². The number of benzene rings is 2. The van der Waals surface area contributed by atoms with Gasteiger partial charge in [0, 0.05) is 24.7 Å². The number of carbonyl (C=O) groups is 1. The van der Waals surface area contributed by atoms with Crippen molar-refractivity contribution in [2.24, 2.45) is 0 Å². The number of alkyl halides is 6. The summed E-state index contributed by atoms with van der Waals surface area (Å²) in [6.07, 6.45) is -8.63. The van der Waals surface area contributed by atoms with E-state index in [0.717, 1.165) is 5.56 Å². The van der Waals surface area contributed by atoms with Crippen LogP contribution in [0.2, 0.25) is 0 Å². The van der Waals surface area contributed by atoms with Gasteiger partial charge in [-0.25, -0.2) is 9.18 Å². The first kappa shape index (κ1) is 30.7. The lowest BCUT2D eigenvalue weighted by atomic mass is 9.87. The van der Waals surface area contributed by atoms with Crippen LogP contribution < -0.4 is 5.32 Å². The zero-order valence-electron chi connectivity index (χ0n) is 22.2.